The Labute approximate surface area is 184 Å². The molecule has 5 aliphatic rings. The van der Waals surface area contributed by atoms with Gasteiger partial charge in [-0.1, -0.05) is 12.5 Å². The van der Waals surface area contributed by atoms with Crippen molar-refractivity contribution in [3.05, 3.63) is 23.3 Å². The zero-order valence-electron chi connectivity index (χ0n) is 18.5. The van der Waals surface area contributed by atoms with Crippen LogP contribution in [0.5, 0.6) is 11.5 Å². The Morgan fingerprint density at radius 2 is 2.03 bits per heavy atom. The van der Waals surface area contributed by atoms with E-state index in [1.54, 1.807) is 7.11 Å². The summed E-state index contributed by atoms with van der Waals surface area (Å²) in [7, 11) is 1.66. The molecule has 6 rings (SSSR count). The molecule has 1 saturated heterocycles. The summed E-state index contributed by atoms with van der Waals surface area (Å²) < 4.78 is 17.7. The minimum Gasteiger partial charge on any atom is -0.487 e. The standard InChI is InChI=1S/C25H35NO5/c1-29-12-13-30-19-7-6-17-14-20-25(28)10-8-18(27)23-24(25,21(17)22(19)31-23)9-3-11-26(20)15-16-4-2-5-16/h6-7,16,18,20,23,27-28H,2-5,8-15H2,1H3/t18-,20+,23-,24-,25+/m0/s1. The van der Waals surface area contributed by atoms with Gasteiger partial charge in [-0.3, -0.25) is 4.90 Å². The summed E-state index contributed by atoms with van der Waals surface area (Å²) in [5.74, 6) is 2.24. The fourth-order valence-corrected chi connectivity index (χ4v) is 7.41. The first-order valence-corrected chi connectivity index (χ1v) is 12.2. The van der Waals surface area contributed by atoms with Crippen molar-refractivity contribution in [1.82, 2.24) is 4.90 Å². The van der Waals surface area contributed by atoms with Gasteiger partial charge in [0.15, 0.2) is 11.5 Å². The highest BCUT2D eigenvalue weighted by Gasteiger charge is 2.71. The lowest BCUT2D eigenvalue weighted by Gasteiger charge is -2.59. The molecule has 2 saturated carbocycles. The summed E-state index contributed by atoms with van der Waals surface area (Å²) in [6, 6.07) is 4.28. The SMILES string of the molecule is COCCOc1ccc2c3c1O[C@H]1[C@@H](O)CC[C@@]4(O)[C@@H](C2)N(CC2CCC2)CCC[C@]314. The molecule has 2 aliphatic heterocycles. The third-order valence-corrected chi connectivity index (χ3v) is 9.01. The predicted molar refractivity (Wildman–Crippen MR) is 116 cm³/mol. The van der Waals surface area contributed by atoms with Gasteiger partial charge >= 0.3 is 0 Å². The van der Waals surface area contributed by atoms with E-state index in [4.69, 9.17) is 14.2 Å². The molecule has 0 aromatic heterocycles. The molecule has 1 aromatic carbocycles. The van der Waals surface area contributed by atoms with E-state index in [0.29, 0.717) is 31.8 Å². The van der Waals surface area contributed by atoms with Crippen molar-refractivity contribution in [3.63, 3.8) is 0 Å². The van der Waals surface area contributed by atoms with Crippen molar-refractivity contribution in [3.8, 4) is 11.5 Å². The maximum atomic E-state index is 12.5. The number of likely N-dealkylation sites (tertiary alicyclic amines) is 1. The highest BCUT2D eigenvalue weighted by Crippen LogP contribution is 2.65. The Hall–Kier alpha value is -1.34. The van der Waals surface area contributed by atoms with Gasteiger partial charge in [-0.2, -0.15) is 0 Å². The van der Waals surface area contributed by atoms with Crippen LogP contribution in [0.1, 0.15) is 56.1 Å². The maximum Gasteiger partial charge on any atom is 0.166 e. The van der Waals surface area contributed by atoms with Crippen LogP contribution >= 0.6 is 0 Å². The van der Waals surface area contributed by atoms with E-state index in [-0.39, 0.29) is 6.04 Å². The van der Waals surface area contributed by atoms with E-state index in [9.17, 15) is 10.2 Å². The Morgan fingerprint density at radius 1 is 1.16 bits per heavy atom. The van der Waals surface area contributed by atoms with Gasteiger partial charge in [-0.25, -0.2) is 0 Å². The van der Waals surface area contributed by atoms with Gasteiger partial charge in [0.05, 0.1) is 23.7 Å². The average molecular weight is 430 g/mol. The molecule has 31 heavy (non-hydrogen) atoms. The Bertz CT molecular complexity index is 857. The van der Waals surface area contributed by atoms with Gasteiger partial charge in [-0.05, 0) is 69.0 Å². The van der Waals surface area contributed by atoms with E-state index in [2.05, 4.69) is 11.0 Å². The molecular formula is C25H35NO5. The number of aliphatic hydroxyl groups is 2. The van der Waals surface area contributed by atoms with E-state index < -0.39 is 23.2 Å². The Morgan fingerprint density at radius 3 is 2.81 bits per heavy atom. The zero-order chi connectivity index (χ0) is 21.2. The molecule has 0 unspecified atom stereocenters. The van der Waals surface area contributed by atoms with Crippen LogP contribution in [0.25, 0.3) is 0 Å². The van der Waals surface area contributed by atoms with Crippen LogP contribution in [-0.2, 0) is 16.6 Å². The molecule has 0 radical (unpaired) electrons. The van der Waals surface area contributed by atoms with Crippen LogP contribution < -0.4 is 9.47 Å². The molecule has 2 bridgehead atoms. The van der Waals surface area contributed by atoms with Gasteiger partial charge in [0, 0.05) is 25.3 Å². The fraction of sp³-hybridized carbons (Fsp3) is 0.760. The van der Waals surface area contributed by atoms with E-state index in [1.165, 1.54) is 24.8 Å². The quantitative estimate of drug-likeness (QED) is 0.677. The second-order valence-electron chi connectivity index (χ2n) is 10.4. The van der Waals surface area contributed by atoms with Crippen molar-refractivity contribution in [1.29, 1.82) is 0 Å². The molecule has 6 heteroatoms. The summed E-state index contributed by atoms with van der Waals surface area (Å²) in [5.41, 5.74) is 0.963. The van der Waals surface area contributed by atoms with E-state index >= 15 is 0 Å². The summed E-state index contributed by atoms with van der Waals surface area (Å²) in [6.45, 7) is 3.08. The van der Waals surface area contributed by atoms with Crippen LogP contribution in [0.15, 0.2) is 12.1 Å². The lowest BCUT2D eigenvalue weighted by Crippen LogP contribution is -2.72. The number of benzene rings is 1. The van der Waals surface area contributed by atoms with Crippen molar-refractivity contribution in [2.24, 2.45) is 5.92 Å². The largest absolute Gasteiger partial charge is 0.487 e. The number of methoxy groups -OCH3 is 1. The average Bonchev–Trinajstić information content (AvgIpc) is 3.07. The van der Waals surface area contributed by atoms with Gasteiger partial charge in [-0.15, -0.1) is 0 Å². The molecule has 0 amide bonds. The van der Waals surface area contributed by atoms with Crippen LogP contribution in [0.4, 0.5) is 0 Å². The normalized spacial score (nSPS) is 38.7. The predicted octanol–water partition coefficient (Wildman–Crippen LogP) is 2.42. The lowest BCUT2D eigenvalue weighted by atomic mass is 9.50. The van der Waals surface area contributed by atoms with E-state index in [1.807, 2.05) is 6.07 Å². The van der Waals surface area contributed by atoms with Crippen LogP contribution in [0.3, 0.4) is 0 Å². The molecule has 3 fully saturated rings. The molecule has 2 heterocycles. The first-order valence-electron chi connectivity index (χ1n) is 12.2. The maximum absolute atomic E-state index is 12.5. The van der Waals surface area contributed by atoms with Crippen LogP contribution in [0, 0.1) is 5.92 Å². The van der Waals surface area contributed by atoms with Crippen LogP contribution in [-0.4, -0.2) is 72.4 Å². The van der Waals surface area contributed by atoms with E-state index in [0.717, 1.165) is 49.6 Å². The van der Waals surface area contributed by atoms with Crippen LogP contribution in [0.2, 0.25) is 0 Å². The number of hydrogen-bond donors (Lipinski definition) is 2. The molecule has 170 valence electrons. The number of aliphatic hydroxyl groups excluding tert-OH is 1. The van der Waals surface area contributed by atoms with Crippen molar-refractivity contribution in [2.75, 3.05) is 33.4 Å². The monoisotopic (exact) mass is 429 g/mol. The fourth-order valence-electron chi connectivity index (χ4n) is 7.41. The number of ether oxygens (including phenoxy) is 3. The first-order chi connectivity index (χ1) is 15.1. The van der Waals surface area contributed by atoms with Gasteiger partial charge < -0.3 is 24.4 Å². The summed E-state index contributed by atoms with van der Waals surface area (Å²) in [4.78, 5) is 2.59. The van der Waals surface area contributed by atoms with Gasteiger partial charge in [0.25, 0.3) is 0 Å². The number of rotatable bonds is 6. The molecule has 5 atom stereocenters. The summed E-state index contributed by atoms with van der Waals surface area (Å²) in [6.07, 6.45) is 6.95. The molecule has 1 aromatic rings. The molecular weight excluding hydrogens is 394 g/mol. The highest BCUT2D eigenvalue weighted by atomic mass is 16.6. The molecule has 1 spiro atoms. The van der Waals surface area contributed by atoms with Crippen molar-refractivity contribution >= 4 is 0 Å². The topological polar surface area (TPSA) is 71.4 Å². The highest BCUT2D eigenvalue weighted by molar-refractivity contribution is 5.62. The van der Waals surface area contributed by atoms with Gasteiger partial charge in [0.1, 0.15) is 12.7 Å². The summed E-state index contributed by atoms with van der Waals surface area (Å²) >= 11 is 0. The summed E-state index contributed by atoms with van der Waals surface area (Å²) in [5, 5.41) is 23.5. The number of nitrogens with zero attached hydrogens (tertiary/aromatic N) is 1. The van der Waals surface area contributed by atoms with Crippen molar-refractivity contribution < 1.29 is 24.4 Å². The second kappa shape index (κ2) is 7.34. The lowest BCUT2D eigenvalue weighted by molar-refractivity contribution is -0.178. The molecule has 6 nitrogen and oxygen atoms in total. The Balaban J connectivity index is 1.46. The minimum absolute atomic E-state index is 0.0907. The third-order valence-electron chi connectivity index (χ3n) is 9.01. The zero-order valence-corrected chi connectivity index (χ0v) is 18.5. The number of hydrogen-bond acceptors (Lipinski definition) is 6. The molecule has 3 aliphatic carbocycles. The van der Waals surface area contributed by atoms with Gasteiger partial charge in [0.2, 0.25) is 0 Å². The Kier molecular flexibility index (Phi) is 4.80. The molecule has 2 N–H and O–H groups in total. The third kappa shape index (κ3) is 2.71. The first kappa shape index (κ1) is 20.3. The smallest absolute Gasteiger partial charge is 0.166 e. The van der Waals surface area contributed by atoms with Crippen molar-refractivity contribution in [2.45, 2.75) is 80.6 Å². The second-order valence-corrected chi connectivity index (χ2v) is 10.4. The minimum atomic E-state index is -0.874.